The zero-order chi connectivity index (χ0) is 49.8. The summed E-state index contributed by atoms with van der Waals surface area (Å²) < 4.78 is 26.4. The Kier molecular flexibility index (Phi) is 35.1. The third-order valence-corrected chi connectivity index (χ3v) is 14.5. The number of aromatic nitrogens is 3. The molecule has 0 aromatic carbocycles. The van der Waals surface area contributed by atoms with Crippen LogP contribution in [0.4, 0.5) is 0 Å². The van der Waals surface area contributed by atoms with Crippen molar-refractivity contribution in [1.29, 1.82) is 0 Å². The Morgan fingerprint density at radius 2 is 0.808 bits per heavy atom. The van der Waals surface area contributed by atoms with Crippen LogP contribution in [0.5, 0.6) is 0 Å². The van der Waals surface area contributed by atoms with E-state index in [2.05, 4.69) is 94.7 Å². The number of likely N-dealkylation sites (tertiary alicyclic amines) is 1. The van der Waals surface area contributed by atoms with Crippen molar-refractivity contribution in [3.05, 3.63) is 52.6 Å². The van der Waals surface area contributed by atoms with Gasteiger partial charge in [0.25, 0.3) is 0 Å². The van der Waals surface area contributed by atoms with Crippen molar-refractivity contribution < 1.29 is 23.0 Å². The second kappa shape index (κ2) is 38.7. The standard InChI is InChI=1S/C15H27N3O.2C14H25N3O2.C10H21N3.3CH4/c1-14-13-15(16-19-14)7-5-3-4-6-8-18-11-9-17(2)10-12-18;1-13-12-14(15-19-13)4-11-18-10-3-5-17-8-6-16(2)7-9-17;1-13-12-14(15-19-13)4-3-10-18-11-9-17-7-5-16(2)6-8-17;1-3-12-8-10(9-12)13-6-4-11(2)5-7-13;;;/h13H,3-12H2,1-2H3;2*12H,3-11H2,1-2H3;10H,3-9H2,1-2H3;3*1H4. The SMILES string of the molecule is C.C.C.CCN1CC(N2CCN(C)CC2)C1.Cc1cc(CCCCCCN2CCN(C)CC2)no1.Cc1cc(CCCOCCN2CCN(C)CC2)no1.Cc1cc(CCOCCCN2CCN(C)CC2)no1. The van der Waals surface area contributed by atoms with Crippen molar-refractivity contribution in [3.63, 3.8) is 0 Å². The molecule has 0 saturated carbocycles. The maximum absolute atomic E-state index is 5.68. The zero-order valence-electron chi connectivity index (χ0n) is 45.5. The van der Waals surface area contributed by atoms with Crippen LogP contribution in [0, 0.1) is 20.8 Å². The highest BCUT2D eigenvalue weighted by Crippen LogP contribution is 2.16. The molecule has 0 N–H and O–H groups in total. The minimum atomic E-state index is 0. The van der Waals surface area contributed by atoms with E-state index in [1.807, 2.05) is 39.0 Å². The van der Waals surface area contributed by atoms with Gasteiger partial charge in [-0.2, -0.15) is 0 Å². The van der Waals surface area contributed by atoms with Crippen LogP contribution in [0.3, 0.4) is 0 Å². The lowest BCUT2D eigenvalue weighted by Crippen LogP contribution is -2.62. The third-order valence-electron chi connectivity index (χ3n) is 14.5. The van der Waals surface area contributed by atoms with E-state index in [1.165, 1.54) is 143 Å². The van der Waals surface area contributed by atoms with Gasteiger partial charge in [-0.05, 0) is 101 Å². The second-order valence-corrected chi connectivity index (χ2v) is 20.7. The largest absolute Gasteiger partial charge is 0.381 e. The van der Waals surface area contributed by atoms with E-state index in [-0.39, 0.29) is 22.3 Å². The van der Waals surface area contributed by atoms with Crippen molar-refractivity contribution in [3.8, 4) is 0 Å². The van der Waals surface area contributed by atoms with Crippen LogP contribution in [-0.2, 0) is 28.7 Å². The Morgan fingerprint density at radius 3 is 1.26 bits per heavy atom. The summed E-state index contributed by atoms with van der Waals surface area (Å²) in [5.74, 6) is 2.67. The van der Waals surface area contributed by atoms with E-state index >= 15 is 0 Å². The van der Waals surface area contributed by atoms with Crippen LogP contribution >= 0.6 is 0 Å². The molecule has 0 unspecified atom stereocenters. The van der Waals surface area contributed by atoms with Crippen LogP contribution < -0.4 is 0 Å². The van der Waals surface area contributed by atoms with Gasteiger partial charge in [-0.3, -0.25) is 9.80 Å². The van der Waals surface area contributed by atoms with E-state index < -0.39 is 0 Å². The van der Waals surface area contributed by atoms with Gasteiger partial charge in [0.1, 0.15) is 17.3 Å². The first-order valence-corrected chi connectivity index (χ1v) is 27.3. The molecule has 424 valence electrons. The number of rotatable bonds is 23. The maximum atomic E-state index is 5.68. The highest BCUT2D eigenvalue weighted by atomic mass is 16.5. The third kappa shape index (κ3) is 28.2. The van der Waals surface area contributed by atoms with Gasteiger partial charge in [-0.1, -0.05) is 57.5 Å². The lowest BCUT2D eigenvalue weighted by Gasteiger charge is -2.47. The van der Waals surface area contributed by atoms with E-state index in [9.17, 15) is 0 Å². The molecule has 0 radical (unpaired) electrons. The highest BCUT2D eigenvalue weighted by Gasteiger charge is 2.31. The summed E-state index contributed by atoms with van der Waals surface area (Å²) in [7, 11) is 8.80. The molecule has 0 amide bonds. The van der Waals surface area contributed by atoms with Gasteiger partial charge in [0.15, 0.2) is 0 Å². The van der Waals surface area contributed by atoms with Crippen molar-refractivity contribution in [1.82, 2.24) is 59.6 Å². The first-order chi connectivity index (χ1) is 34.0. The Labute approximate surface area is 446 Å². The minimum Gasteiger partial charge on any atom is -0.381 e. The summed E-state index contributed by atoms with van der Waals surface area (Å²) in [6.45, 7) is 38.0. The van der Waals surface area contributed by atoms with E-state index in [4.69, 9.17) is 23.0 Å². The predicted molar refractivity (Wildman–Crippen MR) is 301 cm³/mol. The maximum Gasteiger partial charge on any atom is 0.133 e. The Morgan fingerprint density at radius 1 is 0.425 bits per heavy atom. The first kappa shape index (κ1) is 66.3. The van der Waals surface area contributed by atoms with Crippen LogP contribution in [0.2, 0.25) is 0 Å². The summed E-state index contributed by atoms with van der Waals surface area (Å²) in [5, 5.41) is 11.9. The Bertz CT molecular complexity index is 1560. The predicted octanol–water partition coefficient (Wildman–Crippen LogP) is 6.54. The topological polar surface area (TPSA) is 126 Å². The summed E-state index contributed by atoms with van der Waals surface area (Å²) in [4.78, 5) is 22.4. The van der Waals surface area contributed by atoms with Crippen molar-refractivity contribution in [2.75, 3.05) is 199 Å². The summed E-state index contributed by atoms with van der Waals surface area (Å²) in [5.41, 5.74) is 3.12. The Balaban J connectivity index is 0.000000332. The van der Waals surface area contributed by atoms with Gasteiger partial charge in [-0.15, -0.1) is 0 Å². The highest BCUT2D eigenvalue weighted by molar-refractivity contribution is 5.04. The number of ether oxygens (including phenoxy) is 2. The Hall–Kier alpha value is -2.81. The van der Waals surface area contributed by atoms with Gasteiger partial charge in [0.2, 0.25) is 0 Å². The van der Waals surface area contributed by atoms with Crippen LogP contribution in [0.15, 0.2) is 31.8 Å². The molecule has 0 atom stereocenters. The number of nitrogens with zero attached hydrogens (tertiary/aromatic N) is 12. The minimum absolute atomic E-state index is 0. The fourth-order valence-corrected chi connectivity index (χ4v) is 9.36. The van der Waals surface area contributed by atoms with Gasteiger partial charge >= 0.3 is 0 Å². The smallest absolute Gasteiger partial charge is 0.133 e. The number of piperazine rings is 4. The molecule has 0 spiro atoms. The molecule has 3 aromatic rings. The molecule has 73 heavy (non-hydrogen) atoms. The summed E-state index contributed by atoms with van der Waals surface area (Å²) >= 11 is 0. The molecule has 8 heterocycles. The van der Waals surface area contributed by atoms with E-state index in [1.54, 1.807) is 0 Å². The molecule has 5 aliphatic rings. The summed E-state index contributed by atoms with van der Waals surface area (Å²) in [6, 6.07) is 6.87. The molecule has 5 fully saturated rings. The molecule has 5 saturated heterocycles. The number of unbranched alkanes of at least 4 members (excludes halogenated alkanes) is 3. The fourth-order valence-electron chi connectivity index (χ4n) is 9.36. The average molecular weight is 1030 g/mol. The fraction of sp³-hybridized carbons (Fsp3) is 0.839. The monoisotopic (exact) mass is 1030 g/mol. The van der Waals surface area contributed by atoms with Crippen molar-refractivity contribution in [2.24, 2.45) is 0 Å². The molecule has 17 heteroatoms. The van der Waals surface area contributed by atoms with E-state index in [0.717, 1.165) is 125 Å². The van der Waals surface area contributed by atoms with Crippen LogP contribution in [-0.4, -0.2) is 264 Å². The normalized spacial score (nSPS) is 19.2. The van der Waals surface area contributed by atoms with Crippen LogP contribution in [0.25, 0.3) is 0 Å². The molecule has 5 aliphatic heterocycles. The summed E-state index contributed by atoms with van der Waals surface area (Å²) in [6.07, 6.45) is 10.2. The number of hydrogen-bond donors (Lipinski definition) is 0. The zero-order valence-corrected chi connectivity index (χ0v) is 45.5. The molecule has 0 aliphatic carbocycles. The van der Waals surface area contributed by atoms with Gasteiger partial charge in [0.05, 0.1) is 30.3 Å². The van der Waals surface area contributed by atoms with Crippen molar-refractivity contribution in [2.45, 2.75) is 114 Å². The molecular formula is C56H110N12O5. The average Bonchev–Trinajstić information content (AvgIpc) is 4.10. The van der Waals surface area contributed by atoms with E-state index in [0.29, 0.717) is 0 Å². The van der Waals surface area contributed by atoms with Crippen molar-refractivity contribution >= 4 is 0 Å². The molecule has 0 bridgehead atoms. The molecule has 17 nitrogen and oxygen atoms in total. The lowest BCUT2D eigenvalue weighted by molar-refractivity contribution is 0.0125. The number of likely N-dealkylation sites (N-methyl/N-ethyl adjacent to an activating group) is 5. The first-order valence-electron chi connectivity index (χ1n) is 27.3. The molecule has 3 aromatic heterocycles. The van der Waals surface area contributed by atoms with Gasteiger partial charge in [0, 0.05) is 175 Å². The van der Waals surface area contributed by atoms with Crippen LogP contribution in [0.1, 0.15) is 102 Å². The molecule has 8 rings (SSSR count). The van der Waals surface area contributed by atoms with Gasteiger partial charge < -0.3 is 57.3 Å². The molecular weight excluding hydrogens is 921 g/mol. The quantitative estimate of drug-likeness (QED) is 0.0955. The second-order valence-electron chi connectivity index (χ2n) is 20.7. The number of hydrogen-bond acceptors (Lipinski definition) is 17. The number of aryl methyl sites for hydroxylation is 5. The lowest BCUT2D eigenvalue weighted by atomic mass is 10.1. The van der Waals surface area contributed by atoms with Gasteiger partial charge in [-0.25, -0.2) is 0 Å².